The number of carbonyl (C=O) groups is 2. The summed E-state index contributed by atoms with van der Waals surface area (Å²) in [4.78, 5) is 24.0. The number of ketones is 1. The lowest BCUT2D eigenvalue weighted by Gasteiger charge is -2.36. The zero-order valence-electron chi connectivity index (χ0n) is 9.36. The summed E-state index contributed by atoms with van der Waals surface area (Å²) in [6.07, 6.45) is 1.90. The number of Topliss-reactive ketones (excluding diaryl/α,β-unsaturated/α-hetero) is 1. The first-order valence-electron chi connectivity index (χ1n) is 5.68. The SMILES string of the molecule is C[C@@H]1CC(=O)[C@@]2(C1)C(=O)OCC[C@@H]2CC#N. The minimum absolute atomic E-state index is 0.0232. The Morgan fingerprint density at radius 3 is 2.88 bits per heavy atom. The maximum atomic E-state index is 12.0. The second-order valence-corrected chi connectivity index (χ2v) is 4.89. The van der Waals surface area contributed by atoms with Gasteiger partial charge < -0.3 is 4.74 Å². The first-order chi connectivity index (χ1) is 7.61. The molecule has 1 aliphatic heterocycles. The Morgan fingerprint density at radius 1 is 1.56 bits per heavy atom. The first kappa shape index (κ1) is 11.1. The van der Waals surface area contributed by atoms with E-state index in [9.17, 15) is 9.59 Å². The Bertz CT molecular complexity index is 361. The fraction of sp³-hybridized carbons (Fsp3) is 0.750. The third-order valence-electron chi connectivity index (χ3n) is 3.80. The van der Waals surface area contributed by atoms with E-state index < -0.39 is 11.4 Å². The lowest BCUT2D eigenvalue weighted by Crippen LogP contribution is -2.47. The summed E-state index contributed by atoms with van der Waals surface area (Å²) in [6, 6.07) is 2.08. The van der Waals surface area contributed by atoms with E-state index in [-0.39, 0.29) is 24.0 Å². The quantitative estimate of drug-likeness (QED) is 0.496. The number of nitrogens with zero attached hydrogens (tertiary/aromatic N) is 1. The summed E-state index contributed by atoms with van der Waals surface area (Å²) in [5.41, 5.74) is -0.993. The zero-order chi connectivity index (χ0) is 11.8. The van der Waals surface area contributed by atoms with Crippen LogP contribution in [0.4, 0.5) is 0 Å². The predicted molar refractivity (Wildman–Crippen MR) is 55.1 cm³/mol. The number of hydrogen-bond donors (Lipinski definition) is 0. The summed E-state index contributed by atoms with van der Waals surface area (Å²) in [7, 11) is 0. The second kappa shape index (κ2) is 3.89. The minimum Gasteiger partial charge on any atom is -0.465 e. The van der Waals surface area contributed by atoms with Crippen LogP contribution in [-0.2, 0) is 14.3 Å². The maximum absolute atomic E-state index is 12.0. The van der Waals surface area contributed by atoms with Gasteiger partial charge in [0.15, 0.2) is 5.78 Å². The van der Waals surface area contributed by atoms with Gasteiger partial charge in [0, 0.05) is 12.8 Å². The number of cyclic esters (lactones) is 1. The Labute approximate surface area is 94.6 Å². The number of carbonyl (C=O) groups excluding carboxylic acids is 2. The van der Waals surface area contributed by atoms with Gasteiger partial charge in [-0.2, -0.15) is 5.26 Å². The van der Waals surface area contributed by atoms with Crippen molar-refractivity contribution in [2.75, 3.05) is 6.61 Å². The number of hydrogen-bond acceptors (Lipinski definition) is 4. The summed E-state index contributed by atoms with van der Waals surface area (Å²) >= 11 is 0. The van der Waals surface area contributed by atoms with E-state index in [1.807, 2.05) is 6.92 Å². The predicted octanol–water partition coefficient (Wildman–Crippen LogP) is 1.45. The molecule has 0 amide bonds. The first-order valence-corrected chi connectivity index (χ1v) is 5.68. The van der Waals surface area contributed by atoms with Gasteiger partial charge in [-0.3, -0.25) is 9.59 Å². The van der Waals surface area contributed by atoms with E-state index in [1.165, 1.54) is 0 Å². The molecule has 2 rings (SSSR count). The van der Waals surface area contributed by atoms with Gasteiger partial charge in [0.2, 0.25) is 0 Å². The number of ether oxygens (including phenoxy) is 1. The molecule has 1 spiro atoms. The molecule has 4 nitrogen and oxygen atoms in total. The molecule has 2 aliphatic rings. The highest BCUT2D eigenvalue weighted by Crippen LogP contribution is 2.49. The molecule has 0 radical (unpaired) electrons. The van der Waals surface area contributed by atoms with Crippen LogP contribution in [0.1, 0.15) is 32.6 Å². The molecule has 0 aromatic carbocycles. The van der Waals surface area contributed by atoms with Crippen LogP contribution in [0, 0.1) is 28.6 Å². The van der Waals surface area contributed by atoms with E-state index in [4.69, 9.17) is 10.00 Å². The Kier molecular flexibility index (Phi) is 2.71. The lowest BCUT2D eigenvalue weighted by atomic mass is 9.69. The van der Waals surface area contributed by atoms with Crippen molar-refractivity contribution in [2.45, 2.75) is 32.6 Å². The zero-order valence-corrected chi connectivity index (χ0v) is 9.36. The molecule has 0 bridgehead atoms. The fourth-order valence-corrected chi connectivity index (χ4v) is 3.05. The Morgan fingerprint density at radius 2 is 2.31 bits per heavy atom. The number of esters is 1. The van der Waals surface area contributed by atoms with Crippen LogP contribution >= 0.6 is 0 Å². The molecule has 1 saturated heterocycles. The molecule has 4 heteroatoms. The average Bonchev–Trinajstić information content (AvgIpc) is 2.51. The maximum Gasteiger partial charge on any atom is 0.319 e. The highest BCUT2D eigenvalue weighted by Gasteiger charge is 2.58. The second-order valence-electron chi connectivity index (χ2n) is 4.89. The summed E-state index contributed by atoms with van der Waals surface area (Å²) in [5.74, 6) is -0.339. The molecule has 0 aromatic rings. The van der Waals surface area contributed by atoms with Gasteiger partial charge in [0.1, 0.15) is 5.41 Å². The molecule has 0 N–H and O–H groups in total. The standard InChI is InChI=1S/C12H15NO3/c1-8-6-10(14)12(7-8)9(2-4-13)3-5-16-11(12)15/h8-9H,2-3,5-7H2,1H3/t8-,9+,12+/m1/s1. The highest BCUT2D eigenvalue weighted by molar-refractivity contribution is 6.06. The van der Waals surface area contributed by atoms with Crippen LogP contribution in [0.5, 0.6) is 0 Å². The van der Waals surface area contributed by atoms with Crippen LogP contribution in [0.2, 0.25) is 0 Å². The molecular formula is C12H15NO3. The van der Waals surface area contributed by atoms with Gasteiger partial charge in [-0.15, -0.1) is 0 Å². The molecule has 86 valence electrons. The van der Waals surface area contributed by atoms with Gasteiger partial charge in [-0.05, 0) is 24.7 Å². The van der Waals surface area contributed by atoms with Crippen molar-refractivity contribution in [1.29, 1.82) is 5.26 Å². The topological polar surface area (TPSA) is 67.2 Å². The van der Waals surface area contributed by atoms with Gasteiger partial charge >= 0.3 is 5.97 Å². The third kappa shape index (κ3) is 1.42. The van der Waals surface area contributed by atoms with Crippen LogP contribution in [-0.4, -0.2) is 18.4 Å². The number of nitriles is 1. The van der Waals surface area contributed by atoms with Crippen molar-refractivity contribution in [3.05, 3.63) is 0 Å². The van der Waals surface area contributed by atoms with Crippen molar-refractivity contribution in [2.24, 2.45) is 17.3 Å². The molecule has 3 atom stereocenters. The molecule has 16 heavy (non-hydrogen) atoms. The van der Waals surface area contributed by atoms with Crippen molar-refractivity contribution in [3.8, 4) is 6.07 Å². The molecule has 1 saturated carbocycles. The van der Waals surface area contributed by atoms with E-state index in [0.717, 1.165) is 0 Å². The lowest BCUT2D eigenvalue weighted by molar-refractivity contribution is -0.170. The van der Waals surface area contributed by atoms with Crippen LogP contribution < -0.4 is 0 Å². The van der Waals surface area contributed by atoms with Gasteiger partial charge in [-0.25, -0.2) is 0 Å². The highest BCUT2D eigenvalue weighted by atomic mass is 16.5. The van der Waals surface area contributed by atoms with E-state index >= 15 is 0 Å². The van der Waals surface area contributed by atoms with Crippen molar-refractivity contribution in [1.82, 2.24) is 0 Å². The Hall–Kier alpha value is -1.37. The molecule has 1 aliphatic carbocycles. The van der Waals surface area contributed by atoms with Crippen LogP contribution in [0.25, 0.3) is 0 Å². The van der Waals surface area contributed by atoms with Gasteiger partial charge in [0.05, 0.1) is 12.7 Å². The van der Waals surface area contributed by atoms with E-state index in [1.54, 1.807) is 0 Å². The van der Waals surface area contributed by atoms with Crippen molar-refractivity contribution in [3.63, 3.8) is 0 Å². The van der Waals surface area contributed by atoms with E-state index in [0.29, 0.717) is 25.9 Å². The fourth-order valence-electron chi connectivity index (χ4n) is 3.05. The molecule has 0 unspecified atom stereocenters. The molecule has 2 fully saturated rings. The molecule has 1 heterocycles. The van der Waals surface area contributed by atoms with Crippen molar-refractivity contribution < 1.29 is 14.3 Å². The van der Waals surface area contributed by atoms with Crippen molar-refractivity contribution >= 4 is 11.8 Å². The minimum atomic E-state index is -0.993. The molecular weight excluding hydrogens is 206 g/mol. The van der Waals surface area contributed by atoms with Crippen LogP contribution in [0.15, 0.2) is 0 Å². The van der Waals surface area contributed by atoms with Crippen LogP contribution in [0.3, 0.4) is 0 Å². The summed E-state index contributed by atoms with van der Waals surface area (Å²) < 4.78 is 5.04. The van der Waals surface area contributed by atoms with Gasteiger partial charge in [-0.1, -0.05) is 6.92 Å². The van der Waals surface area contributed by atoms with Gasteiger partial charge in [0.25, 0.3) is 0 Å². The normalized spacial score (nSPS) is 38.5. The smallest absolute Gasteiger partial charge is 0.319 e. The largest absolute Gasteiger partial charge is 0.465 e. The third-order valence-corrected chi connectivity index (χ3v) is 3.80. The van der Waals surface area contributed by atoms with E-state index in [2.05, 4.69) is 6.07 Å². The summed E-state index contributed by atoms with van der Waals surface area (Å²) in [5, 5.41) is 8.79. The summed E-state index contributed by atoms with van der Waals surface area (Å²) in [6.45, 7) is 2.31. The molecule has 0 aromatic heterocycles. The Balaban J connectivity index is 2.35. The monoisotopic (exact) mass is 221 g/mol. The number of rotatable bonds is 1. The average molecular weight is 221 g/mol.